The third kappa shape index (κ3) is 5.76. The molecule has 0 fully saturated rings. The van der Waals surface area contributed by atoms with Gasteiger partial charge >= 0.3 is 0 Å². The summed E-state index contributed by atoms with van der Waals surface area (Å²) in [4.78, 5) is 7.20. The summed E-state index contributed by atoms with van der Waals surface area (Å²) in [5, 5.41) is 4.25. The van der Waals surface area contributed by atoms with Crippen molar-refractivity contribution in [2.75, 3.05) is 25.0 Å². The van der Waals surface area contributed by atoms with E-state index in [-0.39, 0.29) is 24.8 Å². The molecule has 0 saturated heterocycles. The highest BCUT2D eigenvalue weighted by Gasteiger charge is 2.11. The zero-order valence-electron chi connectivity index (χ0n) is 15.7. The minimum atomic E-state index is 0. The summed E-state index contributed by atoms with van der Waals surface area (Å²) in [6, 6.07) is 16.2. The lowest BCUT2D eigenvalue weighted by Gasteiger charge is -2.19. The van der Waals surface area contributed by atoms with Gasteiger partial charge in [-0.2, -0.15) is 0 Å². The fourth-order valence-corrected chi connectivity index (χ4v) is 3.24. The van der Waals surface area contributed by atoms with Crippen molar-refractivity contribution >= 4 is 53.4 Å². The number of anilines is 1. The Morgan fingerprint density at radius 2 is 1.67 bits per heavy atom. The van der Waals surface area contributed by atoms with Gasteiger partial charge in [0.2, 0.25) is 5.95 Å². The second kappa shape index (κ2) is 11.4. The molecule has 148 valence electrons. The van der Waals surface area contributed by atoms with E-state index in [4.69, 9.17) is 16.6 Å². The molecule has 0 saturated carbocycles. The molecule has 4 nitrogen and oxygen atoms in total. The van der Waals surface area contributed by atoms with E-state index in [1.807, 2.05) is 30.3 Å². The average molecular weight is 430 g/mol. The number of likely N-dealkylation sites (N-methyl/N-ethyl adjacent to an activating group) is 1. The third-order valence-electron chi connectivity index (χ3n) is 4.58. The number of nitrogens with zero attached hydrogens (tertiary/aromatic N) is 3. The molecule has 27 heavy (non-hydrogen) atoms. The van der Waals surface area contributed by atoms with E-state index in [2.05, 4.69) is 46.8 Å². The zero-order valence-corrected chi connectivity index (χ0v) is 18.1. The topological polar surface area (TPSA) is 33.1 Å². The van der Waals surface area contributed by atoms with E-state index >= 15 is 0 Å². The molecule has 2 aromatic carbocycles. The number of nitrogens with one attached hydrogen (secondary N) is 1. The van der Waals surface area contributed by atoms with Gasteiger partial charge in [-0.3, -0.25) is 0 Å². The Balaban J connectivity index is 0.00000182. The highest BCUT2D eigenvalue weighted by Crippen LogP contribution is 2.21. The predicted molar refractivity (Wildman–Crippen MR) is 121 cm³/mol. The molecule has 0 amide bonds. The van der Waals surface area contributed by atoms with Crippen molar-refractivity contribution in [2.45, 2.75) is 26.9 Å². The van der Waals surface area contributed by atoms with Gasteiger partial charge in [0.05, 0.1) is 11.0 Å². The van der Waals surface area contributed by atoms with Crippen LogP contribution in [0.25, 0.3) is 11.0 Å². The summed E-state index contributed by atoms with van der Waals surface area (Å²) in [7, 11) is 0. The molecule has 0 atom stereocenters. The van der Waals surface area contributed by atoms with Crippen molar-refractivity contribution < 1.29 is 0 Å². The van der Waals surface area contributed by atoms with Crippen LogP contribution in [0.5, 0.6) is 0 Å². The molecule has 1 N–H and O–H groups in total. The third-order valence-corrected chi connectivity index (χ3v) is 4.95. The van der Waals surface area contributed by atoms with Crippen LogP contribution in [0.1, 0.15) is 19.4 Å². The number of aromatic nitrogens is 2. The Bertz CT molecular complexity index is 831. The van der Waals surface area contributed by atoms with Crippen LogP contribution in [0.2, 0.25) is 5.02 Å². The maximum atomic E-state index is 6.28. The normalized spacial score (nSPS) is 10.5. The first kappa shape index (κ1) is 23.6. The SMILES string of the molecule is CCN(CC)CCn1c(NCc2ccccc2Cl)nc2ccccc21.Cl.Cl. The maximum Gasteiger partial charge on any atom is 0.204 e. The lowest BCUT2D eigenvalue weighted by molar-refractivity contribution is 0.292. The van der Waals surface area contributed by atoms with Crippen molar-refractivity contribution in [1.82, 2.24) is 14.5 Å². The van der Waals surface area contributed by atoms with Crippen molar-refractivity contribution in [3.05, 3.63) is 59.1 Å². The number of hydrogen-bond donors (Lipinski definition) is 1. The zero-order chi connectivity index (χ0) is 17.6. The molecule has 1 heterocycles. The molecule has 0 aliphatic carbocycles. The lowest BCUT2D eigenvalue weighted by Crippen LogP contribution is -2.27. The molecular formula is C20H27Cl3N4. The van der Waals surface area contributed by atoms with Crippen LogP contribution >= 0.6 is 36.4 Å². The molecule has 0 unspecified atom stereocenters. The van der Waals surface area contributed by atoms with Gasteiger partial charge in [0, 0.05) is 24.7 Å². The molecule has 0 bridgehead atoms. The van der Waals surface area contributed by atoms with Gasteiger partial charge in [-0.1, -0.05) is 55.8 Å². The number of para-hydroxylation sites is 2. The number of benzene rings is 2. The quantitative estimate of drug-likeness (QED) is 0.514. The molecule has 0 aliphatic rings. The highest BCUT2D eigenvalue weighted by atomic mass is 35.5. The standard InChI is InChI=1S/C20H25ClN4.2ClH/c1-3-24(4-2)13-14-25-19-12-8-7-11-18(19)23-20(25)22-15-16-9-5-6-10-17(16)21;;/h5-12H,3-4,13-15H2,1-2H3,(H,22,23);2*1H. The molecule has 0 radical (unpaired) electrons. The number of rotatable bonds is 8. The molecule has 1 aromatic heterocycles. The van der Waals surface area contributed by atoms with Gasteiger partial charge in [0.1, 0.15) is 0 Å². The van der Waals surface area contributed by atoms with Crippen LogP contribution in [0.4, 0.5) is 5.95 Å². The smallest absolute Gasteiger partial charge is 0.204 e. The fraction of sp³-hybridized carbons (Fsp3) is 0.350. The van der Waals surface area contributed by atoms with Crippen LogP contribution in [0.15, 0.2) is 48.5 Å². The highest BCUT2D eigenvalue weighted by molar-refractivity contribution is 6.31. The van der Waals surface area contributed by atoms with E-state index in [0.29, 0.717) is 6.54 Å². The second-order valence-electron chi connectivity index (χ2n) is 6.05. The van der Waals surface area contributed by atoms with Crippen LogP contribution < -0.4 is 5.32 Å². The fourth-order valence-electron chi connectivity index (χ4n) is 3.03. The van der Waals surface area contributed by atoms with Gasteiger partial charge in [-0.15, -0.1) is 24.8 Å². The Morgan fingerprint density at radius 1 is 1.00 bits per heavy atom. The number of fused-ring (bicyclic) bond motifs is 1. The van der Waals surface area contributed by atoms with Crippen molar-refractivity contribution in [3.63, 3.8) is 0 Å². The van der Waals surface area contributed by atoms with Crippen molar-refractivity contribution in [2.24, 2.45) is 0 Å². The lowest BCUT2D eigenvalue weighted by atomic mass is 10.2. The average Bonchev–Trinajstić information content (AvgIpc) is 2.99. The van der Waals surface area contributed by atoms with Crippen molar-refractivity contribution in [3.8, 4) is 0 Å². The van der Waals surface area contributed by atoms with Crippen LogP contribution in [0.3, 0.4) is 0 Å². The first-order chi connectivity index (χ1) is 12.2. The predicted octanol–water partition coefficient (Wildman–Crippen LogP) is 5.49. The van der Waals surface area contributed by atoms with Crippen LogP contribution in [-0.2, 0) is 13.1 Å². The van der Waals surface area contributed by atoms with E-state index in [1.54, 1.807) is 0 Å². The summed E-state index contributed by atoms with van der Waals surface area (Å²) in [6.45, 7) is 9.10. The van der Waals surface area contributed by atoms with Gasteiger partial charge in [-0.25, -0.2) is 4.98 Å². The second-order valence-corrected chi connectivity index (χ2v) is 6.45. The minimum Gasteiger partial charge on any atom is -0.351 e. The number of halogens is 3. The molecule has 0 aliphatic heterocycles. The van der Waals surface area contributed by atoms with Gasteiger partial charge in [0.25, 0.3) is 0 Å². The summed E-state index contributed by atoms with van der Waals surface area (Å²) in [5.41, 5.74) is 3.26. The summed E-state index contributed by atoms with van der Waals surface area (Å²) in [5.74, 6) is 0.897. The first-order valence-corrected chi connectivity index (χ1v) is 9.25. The first-order valence-electron chi connectivity index (χ1n) is 8.87. The minimum absolute atomic E-state index is 0. The van der Waals surface area contributed by atoms with E-state index in [0.717, 1.165) is 53.7 Å². The maximum absolute atomic E-state index is 6.28. The summed E-state index contributed by atoms with van der Waals surface area (Å²) in [6.07, 6.45) is 0. The van der Waals surface area contributed by atoms with Gasteiger partial charge < -0.3 is 14.8 Å². The van der Waals surface area contributed by atoms with E-state index in [9.17, 15) is 0 Å². The van der Waals surface area contributed by atoms with Gasteiger partial charge in [0.15, 0.2) is 0 Å². The Kier molecular flexibility index (Phi) is 9.95. The van der Waals surface area contributed by atoms with Crippen molar-refractivity contribution in [1.29, 1.82) is 0 Å². The summed E-state index contributed by atoms with van der Waals surface area (Å²) < 4.78 is 2.27. The Morgan fingerprint density at radius 3 is 2.37 bits per heavy atom. The van der Waals surface area contributed by atoms with Gasteiger partial charge in [-0.05, 0) is 36.9 Å². The monoisotopic (exact) mass is 428 g/mol. The summed E-state index contributed by atoms with van der Waals surface area (Å²) >= 11 is 6.28. The molecule has 3 aromatic rings. The molecule has 0 spiro atoms. The van der Waals surface area contributed by atoms with Crippen LogP contribution in [0, 0.1) is 0 Å². The Hall–Kier alpha value is -1.46. The van der Waals surface area contributed by atoms with E-state index in [1.165, 1.54) is 0 Å². The molecule has 3 rings (SSSR count). The van der Waals surface area contributed by atoms with E-state index < -0.39 is 0 Å². The number of hydrogen-bond acceptors (Lipinski definition) is 3. The number of imidazole rings is 1. The Labute approximate surface area is 178 Å². The molecule has 7 heteroatoms. The molecular weight excluding hydrogens is 403 g/mol. The van der Waals surface area contributed by atoms with Crippen LogP contribution in [-0.4, -0.2) is 34.1 Å². The largest absolute Gasteiger partial charge is 0.351 e.